The first-order chi connectivity index (χ1) is 9.03. The van der Waals surface area contributed by atoms with E-state index in [0.29, 0.717) is 11.4 Å². The second kappa shape index (κ2) is 5.96. The van der Waals surface area contributed by atoms with Crippen molar-refractivity contribution in [2.24, 2.45) is 0 Å². The Bertz CT molecular complexity index is 672. The van der Waals surface area contributed by atoms with Gasteiger partial charge in [-0.05, 0) is 0 Å². The molecule has 19 heavy (non-hydrogen) atoms. The van der Waals surface area contributed by atoms with Crippen molar-refractivity contribution in [1.82, 2.24) is 0 Å². The molecule has 0 amide bonds. The number of methoxy groups -OCH3 is 1. The molecule has 2 aromatic carbocycles. The van der Waals surface area contributed by atoms with E-state index >= 15 is 0 Å². The van der Waals surface area contributed by atoms with Crippen LogP contribution in [0.3, 0.4) is 0 Å². The molecule has 0 unspecified atom stereocenters. The van der Waals surface area contributed by atoms with Crippen LogP contribution in [0.5, 0.6) is 5.75 Å². The molecule has 0 atom stereocenters. The summed E-state index contributed by atoms with van der Waals surface area (Å²) < 4.78 is 33.4. The Morgan fingerprint density at radius 1 is 1.11 bits per heavy atom. The zero-order chi connectivity index (χ0) is 13.9. The van der Waals surface area contributed by atoms with Crippen molar-refractivity contribution < 1.29 is 13.2 Å². The molecule has 0 aliphatic heterocycles. The van der Waals surface area contributed by atoms with Crippen LogP contribution in [0.25, 0.3) is 0 Å². The maximum atomic E-state index is 12.3. The first-order valence-electron chi connectivity index (χ1n) is 5.75. The van der Waals surface area contributed by atoms with Crippen molar-refractivity contribution in [1.29, 1.82) is 0 Å². The van der Waals surface area contributed by atoms with Gasteiger partial charge in [0.1, 0.15) is 0 Å². The Hall–Kier alpha value is -1.01. The minimum absolute atomic E-state index is 0.151. The van der Waals surface area contributed by atoms with Crippen LogP contribution in [-0.2, 0) is 10.0 Å². The van der Waals surface area contributed by atoms with Crippen molar-refractivity contribution in [2.75, 3.05) is 11.8 Å². The summed E-state index contributed by atoms with van der Waals surface area (Å²) in [5, 5.41) is 0. The topological polar surface area (TPSA) is 55.4 Å². The maximum absolute atomic E-state index is 12.3. The van der Waals surface area contributed by atoms with Crippen molar-refractivity contribution in [3.05, 3.63) is 48.5 Å². The van der Waals surface area contributed by atoms with Gasteiger partial charge < -0.3 is 0 Å². The monoisotopic (exact) mass is 285 g/mol. The molecule has 0 aliphatic carbocycles. The van der Waals surface area contributed by atoms with Gasteiger partial charge in [-0.2, -0.15) is 0 Å². The predicted molar refractivity (Wildman–Crippen MR) is 75.6 cm³/mol. The molecule has 0 bridgehead atoms. The van der Waals surface area contributed by atoms with Crippen LogP contribution in [0.1, 0.15) is 0 Å². The predicted octanol–water partition coefficient (Wildman–Crippen LogP) is 1.29. The van der Waals surface area contributed by atoms with Crippen molar-refractivity contribution in [3.8, 4) is 5.75 Å². The molecule has 4 nitrogen and oxygen atoms in total. The van der Waals surface area contributed by atoms with E-state index in [1.54, 1.807) is 42.5 Å². The summed E-state index contributed by atoms with van der Waals surface area (Å²) in [4.78, 5) is 0.151. The molecule has 0 heterocycles. The molecule has 94 valence electrons. The van der Waals surface area contributed by atoms with Crippen LogP contribution in [0, 0.1) is 0 Å². The minimum atomic E-state index is -3.63. The van der Waals surface area contributed by atoms with Gasteiger partial charge in [-0.3, -0.25) is 0 Å². The standard InChI is InChI=1S/C13H12NO3S.Na/c1-17-12-9-5-6-10-13(12)18(15,16)14-11-7-3-2-4-8-11;/h2-4,6-10,14H,1H3;. The van der Waals surface area contributed by atoms with Gasteiger partial charge in [0.2, 0.25) is 0 Å². The molecule has 6 heteroatoms. The summed E-state index contributed by atoms with van der Waals surface area (Å²) in [6, 6.07) is 13.9. The third-order valence-corrected chi connectivity index (χ3v) is 4.68. The third-order valence-electron chi connectivity index (χ3n) is 2.63. The van der Waals surface area contributed by atoms with E-state index in [1.807, 2.05) is 6.07 Å². The second-order valence-electron chi connectivity index (χ2n) is 4.13. The first-order valence-corrected chi connectivity index (χ1v) is 8.24. The molecule has 0 saturated heterocycles. The quantitative estimate of drug-likeness (QED) is 0.861. The molecule has 1 N–H and O–H groups in total. The number of hydrogen-bond donors (Lipinski definition) is 1. The molecule has 0 fully saturated rings. The summed E-state index contributed by atoms with van der Waals surface area (Å²) in [5.74, 6) is 0.371. The summed E-state index contributed by atoms with van der Waals surface area (Å²) >= 11 is 0.844. The number of nitrogens with one attached hydrogen (secondary N) is 1. The fourth-order valence-corrected chi connectivity index (χ4v) is 3.35. The first kappa shape index (κ1) is 14.4. The summed E-state index contributed by atoms with van der Waals surface area (Å²) in [6.07, 6.45) is 0. The van der Waals surface area contributed by atoms with Crippen molar-refractivity contribution in [2.45, 2.75) is 4.90 Å². The average molecular weight is 285 g/mol. The number of rotatable bonds is 4. The van der Waals surface area contributed by atoms with E-state index in [9.17, 15) is 8.42 Å². The SMILES string of the molecule is COc1c[c]([Na])ccc1S(=O)(=O)Nc1ccccc1. The van der Waals surface area contributed by atoms with Crippen LogP contribution in [0.2, 0.25) is 0 Å². The van der Waals surface area contributed by atoms with Gasteiger partial charge in [-0.1, -0.05) is 0 Å². The van der Waals surface area contributed by atoms with Crippen molar-refractivity contribution >= 4 is 46.5 Å². The van der Waals surface area contributed by atoms with Gasteiger partial charge in [0.25, 0.3) is 0 Å². The van der Waals surface area contributed by atoms with E-state index < -0.39 is 10.0 Å². The fourth-order valence-electron chi connectivity index (χ4n) is 1.71. The Balaban J connectivity index is 2.40. The zero-order valence-corrected chi connectivity index (χ0v) is 13.6. The van der Waals surface area contributed by atoms with Crippen LogP contribution in [0.4, 0.5) is 5.69 Å². The van der Waals surface area contributed by atoms with E-state index in [0.717, 1.165) is 30.7 Å². The van der Waals surface area contributed by atoms with Gasteiger partial charge in [-0.15, -0.1) is 0 Å². The number of anilines is 1. The Kier molecular flexibility index (Phi) is 4.52. The Morgan fingerprint density at radius 3 is 2.42 bits per heavy atom. The molecule has 0 aromatic heterocycles. The molecular formula is C13H12NNaO3S. The Labute approximate surface area is 130 Å². The molecule has 0 spiro atoms. The van der Waals surface area contributed by atoms with Gasteiger partial charge in [0.15, 0.2) is 0 Å². The van der Waals surface area contributed by atoms with Crippen LogP contribution < -0.4 is 12.3 Å². The number of ether oxygens (including phenoxy) is 1. The number of benzene rings is 2. The van der Waals surface area contributed by atoms with Crippen molar-refractivity contribution in [3.63, 3.8) is 0 Å². The normalized spacial score (nSPS) is 11.1. The van der Waals surface area contributed by atoms with Gasteiger partial charge in [-0.25, -0.2) is 0 Å². The molecule has 2 rings (SSSR count). The molecular weight excluding hydrogens is 273 g/mol. The number of sulfonamides is 1. The van der Waals surface area contributed by atoms with Gasteiger partial charge in [0.05, 0.1) is 0 Å². The van der Waals surface area contributed by atoms with E-state index in [-0.39, 0.29) is 4.90 Å². The summed E-state index contributed by atoms with van der Waals surface area (Å²) in [5.41, 5.74) is 0.527. The van der Waals surface area contributed by atoms with Gasteiger partial charge in [0, 0.05) is 0 Å². The van der Waals surface area contributed by atoms with E-state index in [4.69, 9.17) is 4.74 Å². The van der Waals surface area contributed by atoms with E-state index in [2.05, 4.69) is 4.72 Å². The van der Waals surface area contributed by atoms with E-state index in [1.165, 1.54) is 7.11 Å². The van der Waals surface area contributed by atoms with Crippen LogP contribution in [0.15, 0.2) is 53.4 Å². The summed E-state index contributed by atoms with van der Waals surface area (Å²) in [6.45, 7) is 0. The molecule has 0 radical (unpaired) electrons. The average Bonchev–Trinajstić information content (AvgIpc) is 2.38. The third kappa shape index (κ3) is 3.51. The van der Waals surface area contributed by atoms with Crippen LogP contribution in [-0.4, -0.2) is 43.5 Å². The zero-order valence-electron chi connectivity index (χ0n) is 10.8. The Morgan fingerprint density at radius 2 is 1.79 bits per heavy atom. The fraction of sp³-hybridized carbons (Fsp3) is 0.0769. The van der Waals surface area contributed by atoms with Crippen LogP contribution >= 0.6 is 0 Å². The molecule has 0 aliphatic rings. The molecule has 0 saturated carbocycles. The number of hydrogen-bond acceptors (Lipinski definition) is 3. The number of para-hydroxylation sites is 1. The molecule has 2 aromatic rings. The summed E-state index contributed by atoms with van der Waals surface area (Å²) in [7, 11) is -2.16. The van der Waals surface area contributed by atoms with Gasteiger partial charge >= 0.3 is 131 Å². The second-order valence-corrected chi connectivity index (χ2v) is 6.93.